The fraction of sp³-hybridized carbons (Fsp3) is 0.188. The van der Waals surface area contributed by atoms with Gasteiger partial charge in [-0.15, -0.1) is 0 Å². The zero-order valence-corrected chi connectivity index (χ0v) is 17.4. The van der Waals surface area contributed by atoms with Crippen molar-refractivity contribution in [2.45, 2.75) is 18.2 Å². The number of aromatic nitrogens is 1. The summed E-state index contributed by atoms with van der Waals surface area (Å²) in [6.07, 6.45) is -0.244. The number of hydrogen-bond acceptors (Lipinski definition) is 3. The van der Waals surface area contributed by atoms with Crippen LogP contribution in [0.15, 0.2) is 53.3 Å². The second-order valence-corrected chi connectivity index (χ2v) is 12.1. The first kappa shape index (κ1) is 20.5. The fourth-order valence-electron chi connectivity index (χ4n) is 2.77. The molecule has 144 valence electrons. The Morgan fingerprint density at radius 2 is 1.52 bits per heavy atom. The van der Waals surface area contributed by atoms with Crippen LogP contribution in [0.1, 0.15) is 12.0 Å². The molecule has 0 aliphatic heterocycles. The van der Waals surface area contributed by atoms with Gasteiger partial charge in [-0.25, -0.2) is 0 Å². The maximum atomic E-state index is 12.5. The second-order valence-electron chi connectivity index (χ2n) is 6.05. The van der Waals surface area contributed by atoms with Crippen molar-refractivity contribution in [3.05, 3.63) is 64.4 Å². The molecule has 0 aliphatic carbocycles. The molecule has 0 atom stereocenters. The van der Waals surface area contributed by atoms with E-state index in [0.717, 1.165) is 4.26 Å². The molecule has 2 aromatic carbocycles. The van der Waals surface area contributed by atoms with Crippen LogP contribution in [-0.2, 0) is 15.6 Å². The van der Waals surface area contributed by atoms with Crippen molar-refractivity contribution in [1.29, 1.82) is 0 Å². The Morgan fingerprint density at radius 1 is 0.926 bits per heavy atom. The molecule has 3 rings (SSSR count). The van der Waals surface area contributed by atoms with E-state index in [1.54, 1.807) is 33.9 Å². The molecule has 27 heavy (non-hydrogen) atoms. The molecule has 1 heterocycles. The van der Waals surface area contributed by atoms with Crippen molar-refractivity contribution in [2.24, 2.45) is 0 Å². The Morgan fingerprint density at radius 3 is 2.07 bits per heavy atom. The Kier molecular flexibility index (Phi) is 5.78. The van der Waals surface area contributed by atoms with Gasteiger partial charge in [0.1, 0.15) is 0 Å². The van der Waals surface area contributed by atoms with E-state index >= 15 is 0 Å². The van der Waals surface area contributed by atoms with E-state index in [0.29, 0.717) is 16.6 Å². The first-order valence-corrected chi connectivity index (χ1v) is 12.9. The third kappa shape index (κ3) is 4.60. The predicted octanol–water partition coefficient (Wildman–Crippen LogP) is 1.66. The van der Waals surface area contributed by atoms with Crippen molar-refractivity contribution < 1.29 is 28.7 Å². The van der Waals surface area contributed by atoms with Crippen LogP contribution in [0.4, 0.5) is 0 Å². The molecule has 0 spiro atoms. The van der Waals surface area contributed by atoms with Gasteiger partial charge in [0.25, 0.3) is 0 Å². The minimum atomic E-state index is -4.92. The molecular weight excluding hydrogens is 459 g/mol. The molecule has 0 amide bonds. The van der Waals surface area contributed by atoms with Gasteiger partial charge in [0.15, 0.2) is 0 Å². The van der Waals surface area contributed by atoms with Crippen molar-refractivity contribution >= 4 is 39.6 Å². The molecule has 0 unspecified atom stereocenters. The Balaban J connectivity index is 1.81. The average molecular weight is 476 g/mol. The van der Waals surface area contributed by atoms with E-state index in [9.17, 15) is 33.5 Å². The number of nitrogens with zero attached hydrogens (tertiary/aromatic N) is 1. The van der Waals surface area contributed by atoms with Crippen LogP contribution in [0.25, 0.3) is 15.3 Å². The summed E-state index contributed by atoms with van der Waals surface area (Å²) < 4.78 is 25.4. The van der Waals surface area contributed by atoms with Gasteiger partial charge >= 0.3 is 160 Å². The minimum absolute atomic E-state index is 0.0681. The molecule has 11 heteroatoms. The normalized spacial score (nSPS) is 12.8. The van der Waals surface area contributed by atoms with Gasteiger partial charge in [0.2, 0.25) is 0 Å². The summed E-state index contributed by atoms with van der Waals surface area (Å²) in [6, 6.07) is 14.3. The van der Waals surface area contributed by atoms with Crippen molar-refractivity contribution in [3.63, 3.8) is 0 Å². The summed E-state index contributed by atoms with van der Waals surface area (Å²) in [5.41, 5.74) is 1.31. The molecule has 0 saturated carbocycles. The van der Waals surface area contributed by atoms with E-state index in [-0.39, 0.29) is 33.1 Å². The molecular formula is C16H17NO7P2Se. The number of aryl methyl sites for hydroxylation is 1. The molecule has 3 aromatic rings. The van der Waals surface area contributed by atoms with Crippen LogP contribution >= 0.6 is 15.2 Å². The van der Waals surface area contributed by atoms with Gasteiger partial charge in [0.05, 0.1) is 0 Å². The van der Waals surface area contributed by atoms with Crippen LogP contribution in [0.3, 0.4) is 0 Å². The third-order valence-corrected chi connectivity index (χ3v) is 10.3. The molecule has 0 fully saturated rings. The summed E-state index contributed by atoms with van der Waals surface area (Å²) in [5.74, 6) is 0. The summed E-state index contributed by atoms with van der Waals surface area (Å²) in [7, 11) is -9.83. The first-order chi connectivity index (χ1) is 12.6. The zero-order chi connectivity index (χ0) is 19.8. The van der Waals surface area contributed by atoms with E-state index < -0.39 is 20.6 Å². The van der Waals surface area contributed by atoms with Crippen LogP contribution < -0.4 is 5.56 Å². The Labute approximate surface area is 160 Å². The summed E-state index contributed by atoms with van der Waals surface area (Å²) in [5, 5.41) is -1.32. The van der Waals surface area contributed by atoms with Gasteiger partial charge in [-0.05, 0) is 0 Å². The first-order valence-electron chi connectivity index (χ1n) is 7.88. The van der Waals surface area contributed by atoms with Gasteiger partial charge in [0, 0.05) is 0 Å². The Hall–Kier alpha value is -1.27. The average Bonchev–Trinajstić information content (AvgIpc) is 2.90. The van der Waals surface area contributed by atoms with E-state index in [4.69, 9.17) is 0 Å². The monoisotopic (exact) mass is 477 g/mol. The van der Waals surface area contributed by atoms with E-state index in [1.165, 1.54) is 0 Å². The standard InChI is InChI=1S/C16H17NO7P2Se/c18-16-13-3-1-2-4-14(13)27-17(16)12-8-5-11(6-9-12)7-10-15(25(19,20)21)26(22,23)24/h1-6,8-9,15H,7,10H2,(H2,19,20,21)(H2,22,23,24). The van der Waals surface area contributed by atoms with Crippen LogP contribution in [0.2, 0.25) is 0 Å². The second kappa shape index (κ2) is 7.63. The number of hydrogen-bond donors (Lipinski definition) is 4. The third-order valence-electron chi connectivity index (χ3n) is 4.13. The molecule has 4 N–H and O–H groups in total. The van der Waals surface area contributed by atoms with Gasteiger partial charge < -0.3 is 0 Å². The van der Waals surface area contributed by atoms with Crippen molar-refractivity contribution in [3.8, 4) is 5.69 Å². The number of rotatable bonds is 6. The zero-order valence-electron chi connectivity index (χ0n) is 13.9. The van der Waals surface area contributed by atoms with Crippen molar-refractivity contribution in [2.75, 3.05) is 0 Å². The van der Waals surface area contributed by atoms with Gasteiger partial charge in [-0.1, -0.05) is 0 Å². The Bertz CT molecular complexity index is 1090. The number of benzene rings is 2. The topological polar surface area (TPSA) is 137 Å². The predicted molar refractivity (Wildman–Crippen MR) is 103 cm³/mol. The molecule has 8 nitrogen and oxygen atoms in total. The molecule has 0 radical (unpaired) electrons. The maximum absolute atomic E-state index is 12.5. The van der Waals surface area contributed by atoms with Crippen LogP contribution in [-0.4, -0.2) is 43.3 Å². The molecule has 0 aliphatic rings. The molecule has 1 aromatic heterocycles. The molecule has 0 bridgehead atoms. The van der Waals surface area contributed by atoms with Crippen LogP contribution in [0, 0.1) is 0 Å². The summed E-state index contributed by atoms with van der Waals surface area (Å²) in [6.45, 7) is 0. The van der Waals surface area contributed by atoms with Gasteiger partial charge in [-0.2, -0.15) is 0 Å². The summed E-state index contributed by atoms with van der Waals surface area (Å²) in [4.78, 5) is 49.2. The quantitative estimate of drug-likeness (QED) is 0.314. The van der Waals surface area contributed by atoms with Crippen LogP contribution in [0.5, 0.6) is 0 Å². The fourth-order valence-corrected chi connectivity index (χ4v) is 7.36. The van der Waals surface area contributed by atoms with E-state index in [1.807, 2.05) is 18.2 Å². The SMILES string of the molecule is O=c1c2ccccc2[se]n1-c1ccc(CCC(P(=O)(O)O)P(=O)(O)O)cc1. The van der Waals surface area contributed by atoms with Crippen molar-refractivity contribution in [1.82, 2.24) is 3.56 Å². The molecule has 0 saturated heterocycles. The number of fused-ring (bicyclic) bond motifs is 1. The van der Waals surface area contributed by atoms with E-state index in [2.05, 4.69) is 0 Å². The summed E-state index contributed by atoms with van der Waals surface area (Å²) >= 11 is -0.166. The van der Waals surface area contributed by atoms with Gasteiger partial charge in [-0.3, -0.25) is 0 Å².